The number of benzene rings is 2. The molecule has 1 heterocycles. The van der Waals surface area contributed by atoms with E-state index in [0.717, 1.165) is 42.1 Å². The number of hydrogen-bond acceptors (Lipinski definition) is 3. The zero-order chi connectivity index (χ0) is 22.0. The van der Waals surface area contributed by atoms with Gasteiger partial charge in [0.15, 0.2) is 0 Å². The van der Waals surface area contributed by atoms with Crippen LogP contribution >= 0.6 is 0 Å². The van der Waals surface area contributed by atoms with Crippen molar-refractivity contribution in [3.63, 3.8) is 0 Å². The van der Waals surface area contributed by atoms with E-state index in [-0.39, 0.29) is 11.6 Å². The van der Waals surface area contributed by atoms with Crippen molar-refractivity contribution in [2.24, 2.45) is 5.92 Å². The molecule has 31 heavy (non-hydrogen) atoms. The smallest absolute Gasteiger partial charge is 0.238 e. The van der Waals surface area contributed by atoms with E-state index < -0.39 is 20.6 Å². The minimum Gasteiger partial charge on any atom is -0.344 e. The topological polar surface area (TPSA) is 74.9 Å². The molecule has 2 aliphatic rings. The zero-order valence-electron chi connectivity index (χ0n) is 17.5. The summed E-state index contributed by atoms with van der Waals surface area (Å²) in [6, 6.07) is 12.1. The third kappa shape index (κ3) is 3.21. The lowest BCUT2D eigenvalue weighted by molar-refractivity contribution is 0.568. The average Bonchev–Trinajstić information content (AvgIpc) is 3.62. The Hall–Kier alpha value is -2.85. The van der Waals surface area contributed by atoms with Crippen LogP contribution in [0, 0.1) is 23.1 Å². The minimum atomic E-state index is -3.44. The fourth-order valence-corrected chi connectivity index (χ4v) is 6.59. The van der Waals surface area contributed by atoms with Crippen LogP contribution in [0.3, 0.4) is 0 Å². The Kier molecular flexibility index (Phi) is 4.42. The van der Waals surface area contributed by atoms with E-state index in [1.807, 2.05) is 38.2 Å². The van der Waals surface area contributed by atoms with Crippen LogP contribution in [0.1, 0.15) is 51.1 Å². The van der Waals surface area contributed by atoms with Crippen LogP contribution < -0.4 is 4.72 Å². The number of hydrogen-bond donors (Lipinski definition) is 1. The molecule has 0 bridgehead atoms. The first-order valence-electron chi connectivity index (χ1n) is 10.6. The average molecular weight is 438 g/mol. The molecule has 5 nitrogen and oxygen atoms in total. The Bertz CT molecular complexity index is 1340. The first-order valence-corrected chi connectivity index (χ1v) is 12.1. The van der Waals surface area contributed by atoms with Gasteiger partial charge in [-0.25, -0.2) is 12.8 Å². The third-order valence-electron chi connectivity index (χ3n) is 6.64. The van der Waals surface area contributed by atoms with Crippen molar-refractivity contribution in [2.75, 3.05) is 4.72 Å². The maximum atomic E-state index is 14.2. The Balaban J connectivity index is 1.57. The van der Waals surface area contributed by atoms with Crippen LogP contribution in [0.5, 0.6) is 0 Å². The summed E-state index contributed by atoms with van der Waals surface area (Å²) in [5.41, 5.74) is 2.97. The van der Waals surface area contributed by atoms with Gasteiger partial charge in [0.2, 0.25) is 10.0 Å². The van der Waals surface area contributed by atoms with Gasteiger partial charge in [0.05, 0.1) is 21.5 Å². The van der Waals surface area contributed by atoms with Crippen molar-refractivity contribution in [1.29, 1.82) is 5.26 Å². The fourth-order valence-electron chi connectivity index (χ4n) is 4.63. The van der Waals surface area contributed by atoms with Crippen molar-refractivity contribution in [1.82, 2.24) is 4.57 Å². The van der Waals surface area contributed by atoms with Crippen molar-refractivity contribution < 1.29 is 12.8 Å². The standard InChI is InChI=1S/C24H24FN3O2S/c1-15(2)28-14-21(16-3-4-17(13-26)22(25)11-16)20-8-7-19(12-23(20)28)27-31(29,30)24(9-10-24)18-5-6-18/h3-4,7-8,11-12,14-15,18,27H,5-6,9-10H2,1-2H3. The lowest BCUT2D eigenvalue weighted by Gasteiger charge is -2.17. The summed E-state index contributed by atoms with van der Waals surface area (Å²) >= 11 is 0. The lowest BCUT2D eigenvalue weighted by Crippen LogP contribution is -2.31. The van der Waals surface area contributed by atoms with Crippen LogP contribution in [-0.4, -0.2) is 17.7 Å². The summed E-state index contributed by atoms with van der Waals surface area (Å²) in [7, 11) is -3.44. The molecule has 0 unspecified atom stereocenters. The number of nitrogens with one attached hydrogen (secondary N) is 1. The summed E-state index contributed by atoms with van der Waals surface area (Å²) in [4.78, 5) is 0. The van der Waals surface area contributed by atoms with Gasteiger partial charge < -0.3 is 4.57 Å². The molecule has 2 fully saturated rings. The van der Waals surface area contributed by atoms with E-state index in [9.17, 15) is 12.8 Å². The monoisotopic (exact) mass is 437 g/mol. The Morgan fingerprint density at radius 3 is 2.52 bits per heavy atom. The van der Waals surface area contributed by atoms with Gasteiger partial charge in [-0.05, 0) is 75.3 Å². The van der Waals surface area contributed by atoms with Crippen LogP contribution in [0.25, 0.3) is 22.0 Å². The minimum absolute atomic E-state index is 0.0118. The van der Waals surface area contributed by atoms with Gasteiger partial charge in [-0.1, -0.05) is 12.1 Å². The molecule has 2 aromatic carbocycles. The largest absolute Gasteiger partial charge is 0.344 e. The molecule has 0 aliphatic heterocycles. The molecule has 1 N–H and O–H groups in total. The van der Waals surface area contributed by atoms with Gasteiger partial charge in [-0.2, -0.15) is 5.26 Å². The van der Waals surface area contributed by atoms with E-state index in [1.54, 1.807) is 12.1 Å². The molecule has 0 atom stereocenters. The second kappa shape index (κ2) is 6.83. The Morgan fingerprint density at radius 1 is 1.19 bits per heavy atom. The SMILES string of the molecule is CC(C)n1cc(-c2ccc(C#N)c(F)c2)c2ccc(NS(=O)(=O)C3(C4CC4)CC3)cc21. The molecule has 5 rings (SSSR count). The second-order valence-electron chi connectivity index (χ2n) is 9.03. The first-order chi connectivity index (χ1) is 14.8. The van der Waals surface area contributed by atoms with Crippen LogP contribution in [-0.2, 0) is 10.0 Å². The fraction of sp³-hybridized carbons (Fsp3) is 0.375. The number of halogens is 1. The third-order valence-corrected chi connectivity index (χ3v) is 8.96. The number of nitriles is 1. The predicted molar refractivity (Wildman–Crippen MR) is 120 cm³/mol. The van der Waals surface area contributed by atoms with Gasteiger partial charge in [-0.3, -0.25) is 4.72 Å². The maximum Gasteiger partial charge on any atom is 0.238 e. The van der Waals surface area contributed by atoms with E-state index in [4.69, 9.17) is 5.26 Å². The highest BCUT2D eigenvalue weighted by atomic mass is 32.2. The summed E-state index contributed by atoms with van der Waals surface area (Å²) < 4.78 is 44.7. The summed E-state index contributed by atoms with van der Waals surface area (Å²) in [5, 5.41) is 9.91. The van der Waals surface area contributed by atoms with E-state index in [1.165, 1.54) is 12.1 Å². The molecule has 7 heteroatoms. The molecule has 0 amide bonds. The number of sulfonamides is 1. The molecule has 3 aromatic rings. The number of rotatable bonds is 6. The van der Waals surface area contributed by atoms with Crippen molar-refractivity contribution in [2.45, 2.75) is 50.3 Å². The summed E-state index contributed by atoms with van der Waals surface area (Å²) in [5.74, 6) is -0.254. The zero-order valence-corrected chi connectivity index (χ0v) is 18.3. The lowest BCUT2D eigenvalue weighted by atomic mass is 10.0. The van der Waals surface area contributed by atoms with Gasteiger partial charge in [0, 0.05) is 23.2 Å². The van der Waals surface area contributed by atoms with Crippen LogP contribution in [0.2, 0.25) is 0 Å². The second-order valence-corrected chi connectivity index (χ2v) is 11.1. The number of aromatic nitrogens is 1. The highest BCUT2D eigenvalue weighted by Gasteiger charge is 2.63. The normalized spacial score (nSPS) is 17.6. The molecule has 2 aliphatic carbocycles. The number of nitrogens with zero attached hydrogens (tertiary/aromatic N) is 2. The predicted octanol–water partition coefficient (Wildman–Crippen LogP) is 5.58. The van der Waals surface area contributed by atoms with E-state index in [2.05, 4.69) is 9.29 Å². The van der Waals surface area contributed by atoms with Gasteiger partial charge in [-0.15, -0.1) is 0 Å². The highest BCUT2D eigenvalue weighted by Crippen LogP contribution is 2.59. The molecule has 0 radical (unpaired) electrons. The van der Waals surface area contributed by atoms with Crippen LogP contribution in [0.4, 0.5) is 10.1 Å². The Morgan fingerprint density at radius 2 is 1.94 bits per heavy atom. The molecule has 160 valence electrons. The number of fused-ring (bicyclic) bond motifs is 1. The molecule has 1 aromatic heterocycles. The Labute approximate surface area is 181 Å². The van der Waals surface area contributed by atoms with Gasteiger partial charge in [0.25, 0.3) is 0 Å². The molecule has 0 saturated heterocycles. The van der Waals surface area contributed by atoms with Crippen LogP contribution in [0.15, 0.2) is 42.6 Å². The molecule has 0 spiro atoms. The van der Waals surface area contributed by atoms with E-state index in [0.29, 0.717) is 17.2 Å². The first kappa shape index (κ1) is 20.1. The van der Waals surface area contributed by atoms with Crippen molar-refractivity contribution in [3.8, 4) is 17.2 Å². The van der Waals surface area contributed by atoms with Gasteiger partial charge >= 0.3 is 0 Å². The van der Waals surface area contributed by atoms with Crippen molar-refractivity contribution >= 4 is 26.6 Å². The van der Waals surface area contributed by atoms with E-state index >= 15 is 0 Å². The molecule has 2 saturated carbocycles. The molecular weight excluding hydrogens is 413 g/mol. The quantitative estimate of drug-likeness (QED) is 0.547. The molecular formula is C24H24FN3O2S. The summed E-state index contributed by atoms with van der Waals surface area (Å²) in [6.45, 7) is 4.09. The van der Waals surface area contributed by atoms with Gasteiger partial charge in [0.1, 0.15) is 11.9 Å². The summed E-state index contributed by atoms with van der Waals surface area (Å²) in [6.07, 6.45) is 5.44. The highest BCUT2D eigenvalue weighted by molar-refractivity contribution is 7.94. The van der Waals surface area contributed by atoms with Crippen molar-refractivity contribution in [3.05, 3.63) is 54.0 Å². The maximum absolute atomic E-state index is 14.2. The number of anilines is 1.